The normalized spacial score (nSPS) is 13.3. The van der Waals surface area contributed by atoms with Crippen molar-refractivity contribution in [1.82, 2.24) is 0 Å². The molecule has 0 heterocycles. The number of carbonyl (C=O) groups is 1. The van der Waals surface area contributed by atoms with Crippen molar-refractivity contribution < 1.29 is 13.4 Å². The van der Waals surface area contributed by atoms with Crippen LogP contribution in [0.25, 0.3) is 0 Å². The van der Waals surface area contributed by atoms with E-state index in [4.69, 9.17) is 0 Å². The molecule has 2 atom stereocenters. The molecular weight excluding hydrogens is 313 g/mol. The van der Waals surface area contributed by atoms with Crippen molar-refractivity contribution in [3.8, 4) is 0 Å². The van der Waals surface area contributed by atoms with Gasteiger partial charge in [0.1, 0.15) is 11.1 Å². The molecule has 1 amide bonds. The molecule has 0 saturated carbocycles. The highest BCUT2D eigenvalue weighted by Crippen LogP contribution is 2.17. The molecule has 0 aliphatic rings. The van der Waals surface area contributed by atoms with Crippen LogP contribution in [0.3, 0.4) is 0 Å². The highest BCUT2D eigenvalue weighted by atomic mass is 32.2. The van der Waals surface area contributed by atoms with E-state index in [0.717, 1.165) is 11.3 Å². The third-order valence-electron chi connectivity index (χ3n) is 3.61. The van der Waals surface area contributed by atoms with Crippen molar-refractivity contribution in [2.24, 2.45) is 0 Å². The lowest BCUT2D eigenvalue weighted by Crippen LogP contribution is -2.40. The van der Waals surface area contributed by atoms with E-state index in [1.54, 1.807) is 24.0 Å². The van der Waals surface area contributed by atoms with Gasteiger partial charge in [0.15, 0.2) is 0 Å². The summed E-state index contributed by atoms with van der Waals surface area (Å²) in [6.07, 6.45) is 0. The molecule has 0 aliphatic carbocycles. The van der Waals surface area contributed by atoms with Crippen LogP contribution in [0, 0.1) is 5.82 Å². The molecule has 0 aliphatic heterocycles. The molecule has 2 rings (SSSR count). The lowest BCUT2D eigenvalue weighted by Gasteiger charge is -2.24. The van der Waals surface area contributed by atoms with Crippen LogP contribution in [0.15, 0.2) is 54.6 Å². The zero-order valence-electron chi connectivity index (χ0n) is 13.2. The Kier molecular flexibility index (Phi) is 6.04. The van der Waals surface area contributed by atoms with Gasteiger partial charge in [-0.15, -0.1) is 0 Å². The van der Waals surface area contributed by atoms with Gasteiger partial charge in [-0.3, -0.25) is 9.00 Å². The average Bonchev–Trinajstić information content (AvgIpc) is 2.57. The molecule has 2 unspecified atom stereocenters. The minimum Gasteiger partial charge on any atom is -0.312 e. The fraction of sp³-hybridized carbons (Fsp3) is 0.278. The summed E-state index contributed by atoms with van der Waals surface area (Å²) in [5.41, 5.74) is 1.55. The molecular formula is C18H20FNO2S. The molecule has 3 nitrogen and oxygen atoms in total. The van der Waals surface area contributed by atoms with Crippen molar-refractivity contribution in [3.63, 3.8) is 0 Å². The third kappa shape index (κ3) is 4.48. The van der Waals surface area contributed by atoms with Gasteiger partial charge in [-0.1, -0.05) is 30.3 Å². The van der Waals surface area contributed by atoms with Gasteiger partial charge in [-0.25, -0.2) is 4.39 Å². The van der Waals surface area contributed by atoms with E-state index in [1.807, 2.05) is 37.3 Å². The number of halogens is 1. The first kappa shape index (κ1) is 17.3. The Morgan fingerprint density at radius 1 is 1.13 bits per heavy atom. The van der Waals surface area contributed by atoms with Gasteiger partial charge in [-0.2, -0.15) is 0 Å². The highest BCUT2D eigenvalue weighted by molar-refractivity contribution is 7.85. The van der Waals surface area contributed by atoms with Crippen molar-refractivity contribution in [2.45, 2.75) is 24.9 Å². The Morgan fingerprint density at radius 2 is 1.74 bits per heavy atom. The van der Waals surface area contributed by atoms with E-state index in [9.17, 15) is 13.4 Å². The molecule has 0 spiro atoms. The Hall–Kier alpha value is -2.01. The number of amides is 1. The van der Waals surface area contributed by atoms with E-state index in [2.05, 4.69) is 0 Å². The van der Waals surface area contributed by atoms with Crippen LogP contribution in [-0.2, 0) is 21.3 Å². The standard InChI is InChI=1S/C18H20FNO2S/c1-3-20(17-7-5-4-6-8-17)18(21)14(2)23(22)13-15-9-11-16(19)12-10-15/h4-12,14H,3,13H2,1-2H3. The topological polar surface area (TPSA) is 37.4 Å². The largest absolute Gasteiger partial charge is 0.312 e. The summed E-state index contributed by atoms with van der Waals surface area (Å²) < 4.78 is 25.4. The number of benzene rings is 2. The summed E-state index contributed by atoms with van der Waals surface area (Å²) in [5, 5.41) is -0.625. The summed E-state index contributed by atoms with van der Waals surface area (Å²) in [6.45, 7) is 4.08. The van der Waals surface area contributed by atoms with E-state index in [1.165, 1.54) is 12.1 Å². The lowest BCUT2D eigenvalue weighted by atomic mass is 10.2. The summed E-state index contributed by atoms with van der Waals surface area (Å²) in [4.78, 5) is 14.3. The molecule has 0 N–H and O–H groups in total. The van der Waals surface area contributed by atoms with Crippen molar-refractivity contribution in [2.75, 3.05) is 11.4 Å². The second-order valence-electron chi connectivity index (χ2n) is 5.21. The number of carbonyl (C=O) groups excluding carboxylic acids is 1. The molecule has 2 aromatic carbocycles. The maximum Gasteiger partial charge on any atom is 0.242 e. The summed E-state index contributed by atoms with van der Waals surface area (Å²) in [5.74, 6) is -0.261. The molecule has 0 radical (unpaired) electrons. The lowest BCUT2D eigenvalue weighted by molar-refractivity contribution is -0.117. The van der Waals surface area contributed by atoms with Crippen LogP contribution in [0.5, 0.6) is 0 Å². The molecule has 0 fully saturated rings. The van der Waals surface area contributed by atoms with Gasteiger partial charge in [0, 0.05) is 28.8 Å². The predicted molar refractivity (Wildman–Crippen MR) is 92.2 cm³/mol. The van der Waals surface area contributed by atoms with Crippen LogP contribution in [0.4, 0.5) is 10.1 Å². The smallest absolute Gasteiger partial charge is 0.242 e. The third-order valence-corrected chi connectivity index (χ3v) is 5.22. The summed E-state index contributed by atoms with van der Waals surface area (Å²) in [6, 6.07) is 15.2. The van der Waals surface area contributed by atoms with Crippen LogP contribution in [0.1, 0.15) is 19.4 Å². The van der Waals surface area contributed by atoms with Crippen LogP contribution in [0.2, 0.25) is 0 Å². The molecule has 0 bridgehead atoms. The maximum atomic E-state index is 12.9. The zero-order valence-corrected chi connectivity index (χ0v) is 14.1. The average molecular weight is 333 g/mol. The minimum atomic E-state index is -1.36. The van der Waals surface area contributed by atoms with Crippen LogP contribution < -0.4 is 4.90 Å². The maximum absolute atomic E-state index is 12.9. The Bertz CT molecular complexity index is 673. The molecule has 122 valence electrons. The quantitative estimate of drug-likeness (QED) is 0.811. The number of hydrogen-bond donors (Lipinski definition) is 0. The van der Waals surface area contributed by atoms with Gasteiger partial charge in [0.25, 0.3) is 0 Å². The van der Waals surface area contributed by atoms with E-state index in [-0.39, 0.29) is 17.5 Å². The van der Waals surface area contributed by atoms with Crippen molar-refractivity contribution in [1.29, 1.82) is 0 Å². The SMILES string of the molecule is CCN(C(=O)C(C)S(=O)Cc1ccc(F)cc1)c1ccccc1. The first-order valence-electron chi connectivity index (χ1n) is 7.51. The Labute approximate surface area is 138 Å². The predicted octanol–water partition coefficient (Wildman–Crippen LogP) is 3.52. The Balaban J connectivity index is 2.08. The molecule has 0 saturated heterocycles. The Morgan fingerprint density at radius 3 is 2.30 bits per heavy atom. The van der Waals surface area contributed by atoms with Crippen molar-refractivity contribution in [3.05, 3.63) is 66.0 Å². The highest BCUT2D eigenvalue weighted by Gasteiger charge is 2.25. The number of anilines is 1. The van der Waals surface area contributed by atoms with Crippen molar-refractivity contribution >= 4 is 22.4 Å². The molecule has 2 aromatic rings. The second-order valence-corrected chi connectivity index (χ2v) is 6.97. The first-order valence-corrected chi connectivity index (χ1v) is 8.89. The van der Waals surface area contributed by atoms with E-state index in [0.29, 0.717) is 6.54 Å². The van der Waals surface area contributed by atoms with E-state index < -0.39 is 16.0 Å². The number of hydrogen-bond acceptors (Lipinski definition) is 2. The van der Waals surface area contributed by atoms with E-state index >= 15 is 0 Å². The first-order chi connectivity index (χ1) is 11.0. The second kappa shape index (κ2) is 8.02. The van der Waals surface area contributed by atoms with Gasteiger partial charge in [0.05, 0.1) is 0 Å². The van der Waals surface area contributed by atoms with Crippen LogP contribution in [-0.4, -0.2) is 21.9 Å². The van der Waals surface area contributed by atoms with Gasteiger partial charge >= 0.3 is 0 Å². The number of para-hydroxylation sites is 1. The number of nitrogens with zero attached hydrogens (tertiary/aromatic N) is 1. The minimum absolute atomic E-state index is 0.167. The fourth-order valence-corrected chi connectivity index (χ4v) is 3.40. The van der Waals surface area contributed by atoms with Gasteiger partial charge in [-0.05, 0) is 43.7 Å². The monoisotopic (exact) mass is 333 g/mol. The molecule has 5 heteroatoms. The summed E-state index contributed by atoms with van der Waals surface area (Å²) in [7, 11) is -1.36. The van der Waals surface area contributed by atoms with Gasteiger partial charge < -0.3 is 4.90 Å². The van der Waals surface area contributed by atoms with Crippen LogP contribution >= 0.6 is 0 Å². The summed E-state index contributed by atoms with van der Waals surface area (Å²) >= 11 is 0. The fourth-order valence-electron chi connectivity index (χ4n) is 2.28. The van der Waals surface area contributed by atoms with Gasteiger partial charge in [0.2, 0.25) is 5.91 Å². The molecule has 0 aromatic heterocycles. The molecule has 23 heavy (non-hydrogen) atoms. The zero-order chi connectivity index (χ0) is 16.8. The number of rotatable bonds is 6.